The molecule has 2 atom stereocenters. The molecule has 1 heterocycles. The highest BCUT2D eigenvalue weighted by atomic mass is 32.2. The summed E-state index contributed by atoms with van der Waals surface area (Å²) in [5.41, 5.74) is 5.83. The number of amides is 1. The van der Waals surface area contributed by atoms with E-state index in [1.807, 2.05) is 0 Å². The lowest BCUT2D eigenvalue weighted by atomic mass is 10.0. The molecule has 0 saturated carbocycles. The minimum absolute atomic E-state index is 0.210. The van der Waals surface area contributed by atoms with Gasteiger partial charge in [0.2, 0.25) is 0 Å². The van der Waals surface area contributed by atoms with Gasteiger partial charge >= 0.3 is 6.09 Å². The molecule has 0 fully saturated rings. The van der Waals surface area contributed by atoms with Crippen LogP contribution >= 0.6 is 11.8 Å². The Kier molecular flexibility index (Phi) is 8.06. The molecule has 1 aliphatic rings. The molecule has 6 nitrogen and oxygen atoms in total. The number of nitrogens with one attached hydrogen (secondary N) is 1. The smallest absolute Gasteiger partial charge is 0.413 e. The molecule has 3 N–H and O–H groups in total. The first kappa shape index (κ1) is 22.4. The lowest BCUT2D eigenvalue weighted by Gasteiger charge is -2.23. The van der Waals surface area contributed by atoms with Crippen molar-refractivity contribution in [2.75, 3.05) is 24.8 Å². The average molecular weight is 416 g/mol. The molecule has 9 heteroatoms. The van der Waals surface area contributed by atoms with Crippen LogP contribution < -0.4 is 11.1 Å². The van der Waals surface area contributed by atoms with E-state index in [2.05, 4.69) is 10.3 Å². The number of hydrogen-bond acceptors (Lipinski definition) is 6. The van der Waals surface area contributed by atoms with E-state index in [1.165, 1.54) is 30.0 Å². The summed E-state index contributed by atoms with van der Waals surface area (Å²) in [6.07, 6.45) is -0.412. The summed E-state index contributed by atoms with van der Waals surface area (Å²) in [6, 6.07) is 3.61. The predicted molar refractivity (Wildman–Crippen MR) is 108 cm³/mol. The van der Waals surface area contributed by atoms with Gasteiger partial charge in [0, 0.05) is 23.6 Å². The van der Waals surface area contributed by atoms with Crippen LogP contribution in [0.25, 0.3) is 0 Å². The Morgan fingerprint density at radius 1 is 1.43 bits per heavy atom. The molecule has 28 heavy (non-hydrogen) atoms. The summed E-state index contributed by atoms with van der Waals surface area (Å²) in [5, 5.41) is 2.91. The van der Waals surface area contributed by atoms with Crippen LogP contribution in [0, 0.1) is 5.82 Å². The third-order valence-corrected chi connectivity index (χ3v) is 4.78. The van der Waals surface area contributed by atoms with E-state index in [4.69, 9.17) is 15.2 Å². The lowest BCUT2D eigenvalue weighted by Crippen LogP contribution is -2.36. The molecule has 156 valence electrons. The molecule has 0 bridgehead atoms. The summed E-state index contributed by atoms with van der Waals surface area (Å²) in [5.74, 6) is 0.0266. The number of ether oxygens (including phenoxy) is 2. The molecule has 0 saturated heterocycles. The highest BCUT2D eigenvalue weighted by molar-refractivity contribution is 8.13. The Balaban J connectivity index is 2.29. The molecule has 1 aliphatic heterocycles. The van der Waals surface area contributed by atoms with Gasteiger partial charge < -0.3 is 15.2 Å². The number of rotatable bonds is 2. The number of anilines is 1. The second-order valence-electron chi connectivity index (χ2n) is 7.43. The summed E-state index contributed by atoms with van der Waals surface area (Å²) >= 11 is 1.24. The number of alkyl halides is 1. The summed E-state index contributed by atoms with van der Waals surface area (Å²) in [6.45, 7) is 4.86. The molecule has 1 aromatic rings. The topological polar surface area (TPSA) is 85.9 Å². The van der Waals surface area contributed by atoms with Crippen molar-refractivity contribution in [1.29, 1.82) is 0 Å². The van der Waals surface area contributed by atoms with E-state index in [1.54, 1.807) is 20.8 Å². The Morgan fingerprint density at radius 3 is 2.86 bits per heavy atom. The number of carbonyl (C=O) groups is 1. The van der Waals surface area contributed by atoms with Gasteiger partial charge in [-0.1, -0.05) is 11.8 Å². The molecule has 2 rings (SSSR count). The molecule has 0 spiro atoms. The predicted octanol–water partition coefficient (Wildman–Crippen LogP) is 4.21. The number of thioether (sulfide) groups is 1. The fourth-order valence-corrected chi connectivity index (χ4v) is 3.52. The van der Waals surface area contributed by atoms with Gasteiger partial charge in [0.05, 0.1) is 12.1 Å². The van der Waals surface area contributed by atoms with Crippen molar-refractivity contribution in [3.05, 3.63) is 29.6 Å². The van der Waals surface area contributed by atoms with Crippen molar-refractivity contribution >= 4 is 28.7 Å². The van der Waals surface area contributed by atoms with Crippen LogP contribution in [0.2, 0.25) is 0 Å². The Hall–Kier alpha value is -1.87. The van der Waals surface area contributed by atoms with Gasteiger partial charge in [0.1, 0.15) is 18.1 Å². The molecular formula is C19H27F2N3O3S. The number of amidine groups is 1. The minimum atomic E-state index is -0.669. The first-order valence-corrected chi connectivity index (χ1v) is 10.1. The van der Waals surface area contributed by atoms with E-state index < -0.39 is 36.3 Å². The molecule has 0 aliphatic carbocycles. The quantitative estimate of drug-likeness (QED) is 0.707. The Morgan fingerprint density at radius 2 is 2.18 bits per heavy atom. The summed E-state index contributed by atoms with van der Waals surface area (Å²) in [7, 11) is 0. The molecule has 0 aromatic heterocycles. The van der Waals surface area contributed by atoms with Gasteiger partial charge in [0.25, 0.3) is 0 Å². The number of carbonyl (C=O) groups excluding carboxylic acids is 1. The zero-order valence-electron chi connectivity index (χ0n) is 16.3. The van der Waals surface area contributed by atoms with Gasteiger partial charge in [-0.15, -0.1) is 0 Å². The van der Waals surface area contributed by atoms with Gasteiger partial charge in [0.15, 0.2) is 5.17 Å². The Labute approximate surface area is 168 Å². The SMILES string of the molecule is CC(C)(C)OC(=O)NC1=N[C@@H](c2cc(N)ccc2F)CCO[C@H](CF)CCS1. The number of alkyl carbamates (subject to hydrolysis) is 1. The van der Waals surface area contributed by atoms with Gasteiger partial charge in [-0.3, -0.25) is 10.3 Å². The fraction of sp³-hybridized carbons (Fsp3) is 0.579. The maximum atomic E-state index is 14.4. The van der Waals surface area contributed by atoms with Crippen LogP contribution in [0.3, 0.4) is 0 Å². The highest BCUT2D eigenvalue weighted by Crippen LogP contribution is 2.28. The zero-order valence-corrected chi connectivity index (χ0v) is 17.2. The van der Waals surface area contributed by atoms with Crippen molar-refractivity contribution in [2.24, 2.45) is 4.99 Å². The lowest BCUT2D eigenvalue weighted by molar-refractivity contribution is 0.0305. The molecule has 1 amide bonds. The third-order valence-electron chi connectivity index (χ3n) is 3.86. The number of hydrogen-bond donors (Lipinski definition) is 2. The largest absolute Gasteiger partial charge is 0.444 e. The molecule has 1 aromatic carbocycles. The van der Waals surface area contributed by atoms with E-state index in [9.17, 15) is 13.6 Å². The van der Waals surface area contributed by atoms with Crippen LogP contribution in [0.5, 0.6) is 0 Å². The molecule has 0 radical (unpaired) electrons. The molecular weight excluding hydrogens is 388 g/mol. The maximum Gasteiger partial charge on any atom is 0.413 e. The van der Waals surface area contributed by atoms with E-state index >= 15 is 0 Å². The van der Waals surface area contributed by atoms with Gasteiger partial charge in [-0.25, -0.2) is 13.6 Å². The van der Waals surface area contributed by atoms with Crippen LogP contribution in [-0.2, 0) is 9.47 Å². The van der Waals surface area contributed by atoms with Crippen molar-refractivity contribution in [2.45, 2.75) is 51.4 Å². The standard InChI is InChI=1S/C19H27F2N3O3S/c1-19(2,3)27-18(25)24-17-23-16(14-10-12(22)4-5-15(14)21)6-8-26-13(11-20)7-9-28-17/h4-5,10,13,16H,6-9,11,22H2,1-3H3,(H,23,24,25)/t13-,16+/m0/s1. The van der Waals surface area contributed by atoms with Crippen LogP contribution in [-0.4, -0.2) is 42.0 Å². The van der Waals surface area contributed by atoms with E-state index in [-0.39, 0.29) is 6.61 Å². The first-order chi connectivity index (χ1) is 13.2. The number of nitrogen functional groups attached to an aromatic ring is 1. The number of nitrogens with two attached hydrogens (primary N) is 1. The number of halogens is 2. The van der Waals surface area contributed by atoms with E-state index in [0.29, 0.717) is 35.0 Å². The number of nitrogens with zero attached hydrogens (tertiary/aromatic N) is 1. The van der Waals surface area contributed by atoms with Gasteiger partial charge in [-0.2, -0.15) is 0 Å². The first-order valence-electron chi connectivity index (χ1n) is 9.11. The van der Waals surface area contributed by atoms with Crippen LogP contribution in [0.15, 0.2) is 23.2 Å². The summed E-state index contributed by atoms with van der Waals surface area (Å²) < 4.78 is 38.3. The van der Waals surface area contributed by atoms with Crippen molar-refractivity contribution in [1.82, 2.24) is 5.32 Å². The third kappa shape index (κ3) is 7.27. The highest BCUT2D eigenvalue weighted by Gasteiger charge is 2.22. The number of aliphatic imine (C=N–C) groups is 1. The van der Waals surface area contributed by atoms with Crippen molar-refractivity contribution in [3.63, 3.8) is 0 Å². The maximum absolute atomic E-state index is 14.4. The normalized spacial score (nSPS) is 21.5. The monoisotopic (exact) mass is 415 g/mol. The average Bonchev–Trinajstić information content (AvgIpc) is 2.60. The fourth-order valence-electron chi connectivity index (χ4n) is 2.58. The van der Waals surface area contributed by atoms with Crippen molar-refractivity contribution < 1.29 is 23.0 Å². The summed E-state index contributed by atoms with van der Waals surface area (Å²) in [4.78, 5) is 16.7. The van der Waals surface area contributed by atoms with Gasteiger partial charge in [-0.05, 0) is 51.8 Å². The zero-order chi connectivity index (χ0) is 20.7. The second-order valence-corrected chi connectivity index (χ2v) is 8.51. The van der Waals surface area contributed by atoms with Crippen LogP contribution in [0.4, 0.5) is 19.3 Å². The second kappa shape index (κ2) is 10.1. The number of benzene rings is 1. The molecule has 0 unspecified atom stereocenters. The van der Waals surface area contributed by atoms with E-state index in [0.717, 1.165) is 0 Å². The Bertz CT molecular complexity index is 710. The van der Waals surface area contributed by atoms with Crippen molar-refractivity contribution in [3.8, 4) is 0 Å². The van der Waals surface area contributed by atoms with Crippen LogP contribution in [0.1, 0.15) is 45.2 Å². The minimum Gasteiger partial charge on any atom is -0.444 e.